The summed E-state index contributed by atoms with van der Waals surface area (Å²) in [6, 6.07) is 10.9. The van der Waals surface area contributed by atoms with Crippen LogP contribution < -0.4 is 0 Å². The second-order valence-corrected chi connectivity index (χ2v) is 8.27. The molecule has 0 saturated heterocycles. The van der Waals surface area contributed by atoms with Gasteiger partial charge in [0.2, 0.25) is 15.6 Å². The Labute approximate surface area is 154 Å². The molecule has 0 atom stereocenters. The molecule has 0 unspecified atom stereocenters. The molecule has 0 radical (unpaired) electrons. The lowest BCUT2D eigenvalue weighted by molar-refractivity contribution is -0.132. The van der Waals surface area contributed by atoms with E-state index in [1.807, 2.05) is 0 Å². The third kappa shape index (κ3) is 3.86. The summed E-state index contributed by atoms with van der Waals surface area (Å²) in [4.78, 5) is 11.6. The quantitative estimate of drug-likeness (QED) is 0.672. The molecule has 2 rings (SSSR count). The van der Waals surface area contributed by atoms with Gasteiger partial charge in [-0.05, 0) is 35.4 Å². The molecule has 0 aliphatic heterocycles. The first kappa shape index (κ1) is 19.8. The molecular formula is C17H14Cl2F2O3S. The average molecular weight is 407 g/mol. The molecule has 0 fully saturated rings. The zero-order chi connectivity index (χ0) is 18.8. The molecule has 0 amide bonds. The normalized spacial score (nSPS) is 12.4. The van der Waals surface area contributed by atoms with Gasteiger partial charge < -0.3 is 0 Å². The maximum atomic E-state index is 14.4. The number of rotatable bonds is 6. The van der Waals surface area contributed by atoms with E-state index in [4.69, 9.17) is 23.2 Å². The maximum absolute atomic E-state index is 14.4. The van der Waals surface area contributed by atoms with E-state index in [2.05, 4.69) is 0 Å². The topological polar surface area (TPSA) is 51.2 Å². The highest BCUT2D eigenvalue weighted by atomic mass is 35.5. The highest BCUT2D eigenvalue weighted by Gasteiger charge is 2.55. The number of benzene rings is 2. The number of hydrogen-bond donors (Lipinski definition) is 0. The monoisotopic (exact) mass is 406 g/mol. The van der Waals surface area contributed by atoms with Crippen molar-refractivity contribution in [2.45, 2.75) is 23.8 Å². The lowest BCUT2D eigenvalue weighted by atomic mass is 10.0. The Kier molecular flexibility index (Phi) is 5.86. The van der Waals surface area contributed by atoms with E-state index in [1.165, 1.54) is 55.5 Å². The fourth-order valence-corrected chi connectivity index (χ4v) is 4.38. The Balaban J connectivity index is 2.68. The molecule has 0 aliphatic carbocycles. The number of sulfone groups is 1. The minimum Gasteiger partial charge on any atom is -0.292 e. The second kappa shape index (κ2) is 7.40. The van der Waals surface area contributed by atoms with E-state index < -0.39 is 32.5 Å². The van der Waals surface area contributed by atoms with Crippen LogP contribution in [0.4, 0.5) is 8.78 Å². The molecule has 0 aliphatic rings. The first-order chi connectivity index (χ1) is 11.6. The maximum Gasteiger partial charge on any atom is 0.403 e. The average Bonchev–Trinajstić information content (AvgIpc) is 2.57. The van der Waals surface area contributed by atoms with Crippen molar-refractivity contribution in [3.8, 4) is 0 Å². The zero-order valence-electron chi connectivity index (χ0n) is 13.0. The van der Waals surface area contributed by atoms with Crippen molar-refractivity contribution in [1.82, 2.24) is 0 Å². The summed E-state index contributed by atoms with van der Waals surface area (Å²) in [5.41, 5.74) is 0.158. The molecule has 25 heavy (non-hydrogen) atoms. The van der Waals surface area contributed by atoms with E-state index in [9.17, 15) is 22.0 Å². The fourth-order valence-electron chi connectivity index (χ4n) is 2.34. The molecule has 2 aromatic carbocycles. The molecule has 134 valence electrons. The first-order valence-electron chi connectivity index (χ1n) is 7.26. The van der Waals surface area contributed by atoms with Gasteiger partial charge in [0.05, 0.1) is 0 Å². The smallest absolute Gasteiger partial charge is 0.292 e. The standard InChI is InChI=1S/C17H14Cl2F2O3S/c1-2-15(22)17(20,21)25(23,24)16(11-3-7-13(18)8-4-11)12-5-9-14(19)10-6-12/h3-10,16H,2H2,1H3. The van der Waals surface area contributed by atoms with Crippen molar-refractivity contribution in [2.24, 2.45) is 0 Å². The number of carbonyl (C=O) groups excluding carboxylic acids is 1. The Morgan fingerprint density at radius 2 is 1.32 bits per heavy atom. The molecule has 0 heterocycles. The van der Waals surface area contributed by atoms with Crippen LogP contribution in [0.15, 0.2) is 48.5 Å². The van der Waals surface area contributed by atoms with E-state index >= 15 is 0 Å². The van der Waals surface area contributed by atoms with E-state index in [0.717, 1.165) is 0 Å². The van der Waals surface area contributed by atoms with Crippen LogP contribution in [-0.2, 0) is 14.6 Å². The van der Waals surface area contributed by atoms with Gasteiger partial charge in [-0.1, -0.05) is 54.4 Å². The van der Waals surface area contributed by atoms with Crippen molar-refractivity contribution in [1.29, 1.82) is 0 Å². The highest BCUT2D eigenvalue weighted by molar-refractivity contribution is 7.93. The largest absolute Gasteiger partial charge is 0.403 e. The van der Waals surface area contributed by atoms with Gasteiger partial charge in [0, 0.05) is 16.5 Å². The molecule has 2 aromatic rings. The molecule has 3 nitrogen and oxygen atoms in total. The number of hydrogen-bond acceptors (Lipinski definition) is 3. The van der Waals surface area contributed by atoms with Crippen molar-refractivity contribution >= 4 is 38.8 Å². The van der Waals surface area contributed by atoms with E-state index in [1.54, 1.807) is 0 Å². The summed E-state index contributed by atoms with van der Waals surface area (Å²) in [6.45, 7) is 1.19. The summed E-state index contributed by atoms with van der Waals surface area (Å²) in [5.74, 6) is -1.65. The molecule has 0 aromatic heterocycles. The first-order valence-corrected chi connectivity index (χ1v) is 9.57. The van der Waals surface area contributed by atoms with Crippen LogP contribution in [0.3, 0.4) is 0 Å². The van der Waals surface area contributed by atoms with Gasteiger partial charge in [-0.15, -0.1) is 0 Å². The SMILES string of the molecule is CCC(=O)C(F)(F)S(=O)(=O)C(c1ccc(Cl)cc1)c1ccc(Cl)cc1. The van der Waals surface area contributed by atoms with Gasteiger partial charge in [-0.25, -0.2) is 8.42 Å². The van der Waals surface area contributed by atoms with E-state index in [-0.39, 0.29) is 11.1 Å². The number of carbonyl (C=O) groups is 1. The number of Topliss-reactive ketones (excluding diaryl/α,β-unsaturated/α-hetero) is 1. The lowest BCUT2D eigenvalue weighted by Crippen LogP contribution is -2.40. The minimum atomic E-state index is -5.21. The fraction of sp³-hybridized carbons (Fsp3) is 0.235. The molecule has 0 bridgehead atoms. The number of halogens is 4. The summed E-state index contributed by atoms with van der Waals surface area (Å²) in [7, 11) is -5.21. The van der Waals surface area contributed by atoms with Gasteiger partial charge in [-0.2, -0.15) is 8.78 Å². The van der Waals surface area contributed by atoms with Crippen LogP contribution in [0, 0.1) is 0 Å². The third-order valence-electron chi connectivity index (χ3n) is 3.66. The molecular weight excluding hydrogens is 393 g/mol. The van der Waals surface area contributed by atoms with Crippen molar-refractivity contribution in [3.63, 3.8) is 0 Å². The van der Waals surface area contributed by atoms with Crippen LogP contribution in [0.5, 0.6) is 0 Å². The van der Waals surface area contributed by atoms with Gasteiger partial charge in [-0.3, -0.25) is 4.79 Å². The van der Waals surface area contributed by atoms with Crippen molar-refractivity contribution in [3.05, 3.63) is 69.7 Å². The van der Waals surface area contributed by atoms with Crippen molar-refractivity contribution in [2.75, 3.05) is 0 Å². The Bertz CT molecular complexity index is 818. The summed E-state index contributed by atoms with van der Waals surface area (Å²) >= 11 is 11.6. The van der Waals surface area contributed by atoms with Crippen LogP contribution in [0.2, 0.25) is 10.0 Å². The highest BCUT2D eigenvalue weighted by Crippen LogP contribution is 2.40. The van der Waals surface area contributed by atoms with Gasteiger partial charge in [0.25, 0.3) is 0 Å². The second-order valence-electron chi connectivity index (χ2n) is 5.32. The Morgan fingerprint density at radius 1 is 0.960 bits per heavy atom. The van der Waals surface area contributed by atoms with Gasteiger partial charge in [0.15, 0.2) is 0 Å². The Morgan fingerprint density at radius 3 is 1.64 bits per heavy atom. The van der Waals surface area contributed by atoms with E-state index in [0.29, 0.717) is 10.0 Å². The van der Waals surface area contributed by atoms with Crippen LogP contribution in [0.25, 0.3) is 0 Å². The number of alkyl halides is 2. The lowest BCUT2D eigenvalue weighted by Gasteiger charge is -2.24. The summed E-state index contributed by atoms with van der Waals surface area (Å²) in [6.07, 6.45) is -0.597. The molecule has 0 N–H and O–H groups in total. The van der Waals surface area contributed by atoms with Gasteiger partial charge in [0.1, 0.15) is 5.25 Å². The van der Waals surface area contributed by atoms with Gasteiger partial charge >= 0.3 is 5.25 Å². The summed E-state index contributed by atoms with van der Waals surface area (Å²) in [5, 5.41) is -5.58. The van der Waals surface area contributed by atoms with Crippen LogP contribution >= 0.6 is 23.2 Å². The predicted octanol–water partition coefficient (Wildman–Crippen LogP) is 5.07. The van der Waals surface area contributed by atoms with Crippen LogP contribution in [-0.4, -0.2) is 19.5 Å². The number of ketones is 1. The van der Waals surface area contributed by atoms with Crippen LogP contribution in [0.1, 0.15) is 29.7 Å². The molecule has 0 saturated carbocycles. The summed E-state index contributed by atoms with van der Waals surface area (Å²) < 4.78 is 54.1. The third-order valence-corrected chi connectivity index (χ3v) is 6.27. The Hall–Kier alpha value is -1.50. The minimum absolute atomic E-state index is 0.0790. The molecule has 8 heteroatoms. The zero-order valence-corrected chi connectivity index (χ0v) is 15.4. The predicted molar refractivity (Wildman–Crippen MR) is 93.9 cm³/mol. The molecule has 0 spiro atoms. The van der Waals surface area contributed by atoms with Crippen molar-refractivity contribution < 1.29 is 22.0 Å².